The predicted molar refractivity (Wildman–Crippen MR) is 142 cm³/mol. The Morgan fingerprint density at radius 2 is 1.64 bits per heavy atom. The summed E-state index contributed by atoms with van der Waals surface area (Å²) >= 11 is 0. The normalized spacial score (nSPS) is 16.9. The fourth-order valence-corrected chi connectivity index (χ4v) is 5.03. The summed E-state index contributed by atoms with van der Waals surface area (Å²) in [6, 6.07) is 15.4. The number of benzene rings is 3. The Morgan fingerprint density at radius 3 is 2.41 bits per heavy atom. The van der Waals surface area contributed by atoms with Crippen LogP contribution in [-0.2, 0) is 4.79 Å². The van der Waals surface area contributed by atoms with Gasteiger partial charge in [-0.1, -0.05) is 0 Å². The highest BCUT2D eigenvalue weighted by Crippen LogP contribution is 2.48. The lowest BCUT2D eigenvalue weighted by Gasteiger charge is -2.26. The smallest absolute Gasteiger partial charge is 0.312 e. The van der Waals surface area contributed by atoms with Gasteiger partial charge in [0.25, 0.3) is 5.56 Å². The van der Waals surface area contributed by atoms with Crippen molar-refractivity contribution < 1.29 is 33.3 Å². The van der Waals surface area contributed by atoms with Crippen molar-refractivity contribution in [3.63, 3.8) is 0 Å². The molecule has 1 atom stereocenters. The molecule has 1 aromatic heterocycles. The maximum absolute atomic E-state index is 13.4. The van der Waals surface area contributed by atoms with E-state index in [4.69, 9.17) is 23.7 Å². The molecule has 0 saturated heterocycles. The standard InChI is InChI=1S/C30H23NO8/c1-35-17-6-4-15-10-21(30(34)31-22(15)12-17)20-14-26(32)38-23-9-8-19-28(33)25(39-29(19)27(20)23)11-16-5-7-18(36-2)13-24(16)37-3/h4-13,20H,14H2,1-3H3,(H,31,34)/b25-11-. The molecule has 9 nitrogen and oxygen atoms in total. The third-order valence-electron chi connectivity index (χ3n) is 6.96. The van der Waals surface area contributed by atoms with Gasteiger partial charge in [-0.2, -0.15) is 0 Å². The van der Waals surface area contributed by atoms with Gasteiger partial charge in [0, 0.05) is 34.7 Å². The first-order chi connectivity index (χ1) is 18.9. The van der Waals surface area contributed by atoms with Gasteiger partial charge in [-0.05, 0) is 53.9 Å². The molecule has 2 aliphatic rings. The van der Waals surface area contributed by atoms with E-state index in [9.17, 15) is 14.4 Å². The third-order valence-corrected chi connectivity index (χ3v) is 6.96. The maximum atomic E-state index is 13.4. The molecule has 4 aromatic rings. The van der Waals surface area contributed by atoms with Crippen molar-refractivity contribution in [2.24, 2.45) is 0 Å². The molecule has 0 bridgehead atoms. The van der Waals surface area contributed by atoms with Gasteiger partial charge in [0.15, 0.2) is 5.76 Å². The van der Waals surface area contributed by atoms with E-state index in [1.807, 2.05) is 6.07 Å². The summed E-state index contributed by atoms with van der Waals surface area (Å²) in [6.07, 6.45) is 1.50. The summed E-state index contributed by atoms with van der Waals surface area (Å²) in [7, 11) is 4.62. The van der Waals surface area contributed by atoms with E-state index < -0.39 is 11.9 Å². The zero-order chi connectivity index (χ0) is 27.3. The van der Waals surface area contributed by atoms with Crippen LogP contribution in [0.15, 0.2) is 65.2 Å². The molecule has 0 aliphatic carbocycles. The van der Waals surface area contributed by atoms with Crippen molar-refractivity contribution in [2.75, 3.05) is 21.3 Å². The minimum Gasteiger partial charge on any atom is -0.497 e. The second-order valence-electron chi connectivity index (χ2n) is 9.14. The van der Waals surface area contributed by atoms with Crippen LogP contribution in [0.1, 0.15) is 39.4 Å². The Kier molecular flexibility index (Phi) is 5.83. The van der Waals surface area contributed by atoms with E-state index in [1.165, 1.54) is 7.11 Å². The summed E-state index contributed by atoms with van der Waals surface area (Å²) < 4.78 is 27.6. The minimum atomic E-state index is -0.686. The van der Waals surface area contributed by atoms with Crippen LogP contribution in [0.25, 0.3) is 17.0 Å². The first kappa shape index (κ1) is 24.3. The number of hydrogen-bond acceptors (Lipinski definition) is 8. The number of aromatic amines is 1. The van der Waals surface area contributed by atoms with Crippen molar-refractivity contribution >= 4 is 28.7 Å². The Morgan fingerprint density at radius 1 is 0.872 bits per heavy atom. The average Bonchev–Trinajstić information content (AvgIpc) is 3.26. The summed E-state index contributed by atoms with van der Waals surface area (Å²) in [5, 5.41) is 0.766. The molecule has 3 aromatic carbocycles. The second kappa shape index (κ2) is 9.36. The van der Waals surface area contributed by atoms with Crippen LogP contribution < -0.4 is 29.2 Å². The van der Waals surface area contributed by atoms with E-state index in [2.05, 4.69) is 4.98 Å². The topological polar surface area (TPSA) is 113 Å². The zero-order valence-electron chi connectivity index (χ0n) is 21.3. The summed E-state index contributed by atoms with van der Waals surface area (Å²) in [6.45, 7) is 0. The molecule has 0 spiro atoms. The lowest BCUT2D eigenvalue weighted by atomic mass is 9.85. The van der Waals surface area contributed by atoms with Crippen molar-refractivity contribution in [1.82, 2.24) is 4.98 Å². The maximum Gasteiger partial charge on any atom is 0.312 e. The summed E-state index contributed by atoms with van der Waals surface area (Å²) in [5.74, 6) is 0.811. The highest BCUT2D eigenvalue weighted by molar-refractivity contribution is 6.15. The molecule has 3 heterocycles. The highest BCUT2D eigenvalue weighted by atomic mass is 16.5. The molecule has 0 fully saturated rings. The molecule has 9 heteroatoms. The van der Waals surface area contributed by atoms with Crippen molar-refractivity contribution in [3.05, 3.63) is 93.0 Å². The van der Waals surface area contributed by atoms with Crippen molar-refractivity contribution in [2.45, 2.75) is 12.3 Å². The quantitative estimate of drug-likeness (QED) is 0.228. The fourth-order valence-electron chi connectivity index (χ4n) is 5.03. The van der Waals surface area contributed by atoms with Gasteiger partial charge in [0.2, 0.25) is 5.78 Å². The van der Waals surface area contributed by atoms with Gasteiger partial charge in [-0.25, -0.2) is 0 Å². The van der Waals surface area contributed by atoms with Gasteiger partial charge < -0.3 is 28.7 Å². The number of H-pyrrole nitrogens is 1. The van der Waals surface area contributed by atoms with Gasteiger partial charge in [0.05, 0.1) is 38.8 Å². The second-order valence-corrected chi connectivity index (χ2v) is 9.14. The largest absolute Gasteiger partial charge is 0.497 e. The highest BCUT2D eigenvalue weighted by Gasteiger charge is 2.39. The van der Waals surface area contributed by atoms with Crippen LogP contribution in [0.2, 0.25) is 0 Å². The summed E-state index contributed by atoms with van der Waals surface area (Å²) in [5.41, 5.74) is 2.02. The van der Waals surface area contributed by atoms with Crippen LogP contribution in [0.5, 0.6) is 28.7 Å². The number of ether oxygens (including phenoxy) is 5. The van der Waals surface area contributed by atoms with Gasteiger partial charge in [0.1, 0.15) is 28.7 Å². The molecule has 0 saturated carbocycles. The number of ketones is 1. The Hall–Kier alpha value is -5.05. The number of pyridine rings is 1. The molecule has 39 heavy (non-hydrogen) atoms. The number of carbonyl (C=O) groups is 2. The summed E-state index contributed by atoms with van der Waals surface area (Å²) in [4.78, 5) is 42.1. The number of aromatic nitrogens is 1. The number of nitrogens with one attached hydrogen (secondary N) is 1. The lowest BCUT2D eigenvalue weighted by molar-refractivity contribution is -0.135. The molecule has 0 radical (unpaired) electrons. The molecule has 1 N–H and O–H groups in total. The van der Waals surface area contributed by atoms with Crippen LogP contribution in [0.4, 0.5) is 0 Å². The molecular weight excluding hydrogens is 502 g/mol. The molecule has 0 amide bonds. The number of fused-ring (bicyclic) bond motifs is 4. The number of allylic oxidation sites excluding steroid dienone is 1. The van der Waals surface area contributed by atoms with E-state index in [-0.39, 0.29) is 35.0 Å². The Bertz CT molecular complexity index is 1770. The van der Waals surface area contributed by atoms with Crippen molar-refractivity contribution in [3.8, 4) is 28.7 Å². The number of rotatable bonds is 5. The van der Waals surface area contributed by atoms with E-state index >= 15 is 0 Å². The number of methoxy groups -OCH3 is 3. The monoisotopic (exact) mass is 525 g/mol. The van der Waals surface area contributed by atoms with E-state index in [1.54, 1.807) is 68.8 Å². The predicted octanol–water partition coefficient (Wildman–Crippen LogP) is 4.61. The van der Waals surface area contributed by atoms with E-state index in [0.717, 1.165) is 5.39 Å². The molecule has 2 aliphatic heterocycles. The fraction of sp³-hybridized carbons (Fsp3) is 0.167. The number of hydrogen-bond donors (Lipinski definition) is 1. The van der Waals surface area contributed by atoms with Gasteiger partial charge in [-0.3, -0.25) is 14.4 Å². The molecule has 1 unspecified atom stereocenters. The number of esters is 1. The van der Waals surface area contributed by atoms with Crippen LogP contribution in [-0.4, -0.2) is 38.1 Å². The Balaban J connectivity index is 1.46. The van der Waals surface area contributed by atoms with E-state index in [0.29, 0.717) is 45.0 Å². The zero-order valence-corrected chi connectivity index (χ0v) is 21.3. The van der Waals surface area contributed by atoms with Crippen LogP contribution in [0, 0.1) is 0 Å². The Labute approximate surface area is 222 Å². The first-order valence-corrected chi connectivity index (χ1v) is 12.1. The van der Waals surface area contributed by atoms with Gasteiger partial charge >= 0.3 is 5.97 Å². The average molecular weight is 526 g/mol. The first-order valence-electron chi connectivity index (χ1n) is 12.1. The van der Waals surface area contributed by atoms with Crippen molar-refractivity contribution in [1.29, 1.82) is 0 Å². The number of carbonyl (C=O) groups excluding carboxylic acids is 2. The number of Topliss-reactive ketones (excluding diaryl/α,β-unsaturated/α-hetero) is 1. The van der Waals surface area contributed by atoms with Crippen LogP contribution >= 0.6 is 0 Å². The van der Waals surface area contributed by atoms with Crippen LogP contribution in [0.3, 0.4) is 0 Å². The molecule has 6 rings (SSSR count). The molecular formula is C30H23NO8. The minimum absolute atomic E-state index is 0.0806. The molecule has 196 valence electrons. The SMILES string of the molecule is COc1ccc(/C=C2\Oc3c(ccc4c3C(c3cc5ccc(OC)cc5[nH]c3=O)CC(=O)O4)C2=O)c(OC)c1. The lowest BCUT2D eigenvalue weighted by Crippen LogP contribution is -2.26. The third kappa shape index (κ3) is 4.08. The van der Waals surface area contributed by atoms with Gasteiger partial charge in [-0.15, -0.1) is 0 Å².